The highest BCUT2D eigenvalue weighted by atomic mass is 32.1. The van der Waals surface area contributed by atoms with Gasteiger partial charge in [-0.25, -0.2) is 9.37 Å². The van der Waals surface area contributed by atoms with Gasteiger partial charge in [-0.2, -0.15) is 0 Å². The minimum Gasteiger partial charge on any atom is -0.346 e. The van der Waals surface area contributed by atoms with Crippen LogP contribution in [0.4, 0.5) is 9.52 Å². The SMILES string of the molecule is NCc1ccc(F)cc1CN1CCN(c2nccs2)CC1. The lowest BCUT2D eigenvalue weighted by Crippen LogP contribution is -2.46. The molecule has 1 aromatic carbocycles. The Kier molecular flexibility index (Phi) is 4.48. The lowest BCUT2D eigenvalue weighted by molar-refractivity contribution is 0.249. The van der Waals surface area contributed by atoms with Gasteiger partial charge in [-0.05, 0) is 23.3 Å². The van der Waals surface area contributed by atoms with Gasteiger partial charge in [-0.1, -0.05) is 6.07 Å². The molecule has 3 rings (SSSR count). The molecule has 0 aliphatic carbocycles. The van der Waals surface area contributed by atoms with Gasteiger partial charge < -0.3 is 10.6 Å². The fraction of sp³-hybridized carbons (Fsp3) is 0.400. The quantitative estimate of drug-likeness (QED) is 0.939. The van der Waals surface area contributed by atoms with Crippen molar-refractivity contribution >= 4 is 16.5 Å². The smallest absolute Gasteiger partial charge is 0.185 e. The van der Waals surface area contributed by atoms with E-state index >= 15 is 0 Å². The third-order valence-corrected chi connectivity index (χ3v) is 4.68. The van der Waals surface area contributed by atoms with Gasteiger partial charge in [0.05, 0.1) is 0 Å². The first-order chi connectivity index (χ1) is 10.3. The van der Waals surface area contributed by atoms with Gasteiger partial charge in [-0.15, -0.1) is 11.3 Å². The second kappa shape index (κ2) is 6.51. The van der Waals surface area contributed by atoms with E-state index in [2.05, 4.69) is 14.8 Å². The van der Waals surface area contributed by atoms with Gasteiger partial charge in [0, 0.05) is 50.8 Å². The second-order valence-corrected chi connectivity index (χ2v) is 6.07. The van der Waals surface area contributed by atoms with Crippen LogP contribution in [0.1, 0.15) is 11.1 Å². The van der Waals surface area contributed by atoms with Gasteiger partial charge in [-0.3, -0.25) is 4.90 Å². The van der Waals surface area contributed by atoms with Gasteiger partial charge in [0.2, 0.25) is 0 Å². The molecule has 0 atom stereocenters. The summed E-state index contributed by atoms with van der Waals surface area (Å²) < 4.78 is 13.4. The third-order valence-electron chi connectivity index (χ3n) is 3.84. The van der Waals surface area contributed by atoms with Crippen LogP contribution < -0.4 is 10.6 Å². The molecule has 0 unspecified atom stereocenters. The van der Waals surface area contributed by atoms with Crippen LogP contribution in [0.2, 0.25) is 0 Å². The molecule has 21 heavy (non-hydrogen) atoms. The first kappa shape index (κ1) is 14.4. The van der Waals surface area contributed by atoms with Gasteiger partial charge in [0.15, 0.2) is 5.13 Å². The molecule has 0 spiro atoms. The molecule has 0 saturated carbocycles. The molecule has 1 aliphatic rings. The van der Waals surface area contributed by atoms with E-state index in [1.807, 2.05) is 11.6 Å². The fourth-order valence-corrected chi connectivity index (χ4v) is 3.35. The van der Waals surface area contributed by atoms with Crippen LogP contribution in [0.5, 0.6) is 0 Å². The van der Waals surface area contributed by atoms with Crippen LogP contribution in [0.3, 0.4) is 0 Å². The molecule has 0 bridgehead atoms. The van der Waals surface area contributed by atoms with E-state index in [1.165, 1.54) is 6.07 Å². The Morgan fingerprint density at radius 2 is 2.00 bits per heavy atom. The number of thiazole rings is 1. The van der Waals surface area contributed by atoms with Crippen molar-refractivity contribution in [2.24, 2.45) is 5.73 Å². The Hall–Kier alpha value is -1.50. The summed E-state index contributed by atoms with van der Waals surface area (Å²) in [4.78, 5) is 9.00. The average molecular weight is 306 g/mol. The summed E-state index contributed by atoms with van der Waals surface area (Å²) >= 11 is 1.67. The number of piperazine rings is 1. The summed E-state index contributed by atoms with van der Waals surface area (Å²) in [5, 5.41) is 3.09. The van der Waals surface area contributed by atoms with Crippen LogP contribution in [0.25, 0.3) is 0 Å². The average Bonchev–Trinajstić information content (AvgIpc) is 3.03. The van der Waals surface area contributed by atoms with E-state index in [0.29, 0.717) is 6.54 Å². The van der Waals surface area contributed by atoms with Gasteiger partial charge in [0.25, 0.3) is 0 Å². The number of hydrogen-bond donors (Lipinski definition) is 1. The maximum atomic E-state index is 13.4. The highest BCUT2D eigenvalue weighted by Crippen LogP contribution is 2.20. The molecule has 4 nitrogen and oxygen atoms in total. The Morgan fingerprint density at radius 1 is 1.19 bits per heavy atom. The number of rotatable bonds is 4. The first-order valence-corrected chi connectivity index (χ1v) is 7.98. The molecule has 2 heterocycles. The number of anilines is 1. The normalized spacial score (nSPS) is 16.4. The highest BCUT2D eigenvalue weighted by Gasteiger charge is 2.19. The van der Waals surface area contributed by atoms with E-state index in [1.54, 1.807) is 23.5 Å². The fourth-order valence-electron chi connectivity index (χ4n) is 2.65. The maximum absolute atomic E-state index is 13.4. The van der Waals surface area contributed by atoms with E-state index in [4.69, 9.17) is 5.73 Å². The Balaban J connectivity index is 1.62. The van der Waals surface area contributed by atoms with Crippen molar-refractivity contribution < 1.29 is 4.39 Å². The summed E-state index contributed by atoms with van der Waals surface area (Å²) in [5.41, 5.74) is 7.76. The Morgan fingerprint density at radius 3 is 2.67 bits per heavy atom. The zero-order chi connectivity index (χ0) is 14.7. The van der Waals surface area contributed by atoms with Crippen molar-refractivity contribution in [1.82, 2.24) is 9.88 Å². The van der Waals surface area contributed by atoms with Crippen LogP contribution >= 0.6 is 11.3 Å². The van der Waals surface area contributed by atoms with Crippen LogP contribution in [-0.4, -0.2) is 36.1 Å². The van der Waals surface area contributed by atoms with E-state index < -0.39 is 0 Å². The molecule has 1 fully saturated rings. The van der Waals surface area contributed by atoms with Crippen LogP contribution in [-0.2, 0) is 13.1 Å². The summed E-state index contributed by atoms with van der Waals surface area (Å²) in [6, 6.07) is 4.87. The molecular formula is C15H19FN4S. The molecule has 0 radical (unpaired) electrons. The van der Waals surface area contributed by atoms with Crippen molar-refractivity contribution in [2.45, 2.75) is 13.1 Å². The number of halogens is 1. The number of nitrogens with zero attached hydrogens (tertiary/aromatic N) is 3. The molecule has 2 N–H and O–H groups in total. The summed E-state index contributed by atoms with van der Waals surface area (Å²) in [7, 11) is 0. The zero-order valence-corrected chi connectivity index (χ0v) is 12.7. The first-order valence-electron chi connectivity index (χ1n) is 7.10. The topological polar surface area (TPSA) is 45.4 Å². The monoisotopic (exact) mass is 306 g/mol. The van der Waals surface area contributed by atoms with E-state index in [-0.39, 0.29) is 5.82 Å². The molecule has 0 amide bonds. The number of aromatic nitrogens is 1. The molecular weight excluding hydrogens is 287 g/mol. The van der Waals surface area contributed by atoms with Crippen LogP contribution in [0, 0.1) is 5.82 Å². The number of hydrogen-bond acceptors (Lipinski definition) is 5. The summed E-state index contributed by atoms with van der Waals surface area (Å²) in [6.45, 7) is 5.05. The third kappa shape index (κ3) is 3.40. The zero-order valence-electron chi connectivity index (χ0n) is 11.8. The molecule has 1 aliphatic heterocycles. The largest absolute Gasteiger partial charge is 0.346 e. The van der Waals surface area contributed by atoms with E-state index in [9.17, 15) is 4.39 Å². The minimum atomic E-state index is -0.191. The highest BCUT2D eigenvalue weighted by molar-refractivity contribution is 7.13. The van der Waals surface area contributed by atoms with Crippen molar-refractivity contribution in [3.63, 3.8) is 0 Å². The van der Waals surface area contributed by atoms with E-state index in [0.717, 1.165) is 49.0 Å². The van der Waals surface area contributed by atoms with Crippen molar-refractivity contribution in [3.8, 4) is 0 Å². The van der Waals surface area contributed by atoms with Crippen molar-refractivity contribution in [3.05, 3.63) is 46.7 Å². The standard InChI is InChI=1S/C15H19FN4S/c16-14-2-1-12(10-17)13(9-14)11-19-4-6-20(7-5-19)15-18-3-8-21-15/h1-3,8-9H,4-7,10-11,17H2. The van der Waals surface area contributed by atoms with Crippen molar-refractivity contribution in [2.75, 3.05) is 31.1 Å². The summed E-state index contributed by atoms with van der Waals surface area (Å²) in [5.74, 6) is -0.191. The molecule has 2 aromatic rings. The molecule has 6 heteroatoms. The summed E-state index contributed by atoms with van der Waals surface area (Å²) in [6.07, 6.45) is 1.84. The second-order valence-electron chi connectivity index (χ2n) is 5.20. The minimum absolute atomic E-state index is 0.191. The Labute approximate surface area is 128 Å². The lowest BCUT2D eigenvalue weighted by Gasteiger charge is -2.34. The Bertz CT molecular complexity index is 579. The molecule has 1 aromatic heterocycles. The van der Waals surface area contributed by atoms with Crippen LogP contribution in [0.15, 0.2) is 29.8 Å². The molecule has 1 saturated heterocycles. The maximum Gasteiger partial charge on any atom is 0.185 e. The predicted octanol–water partition coefficient (Wildman–Crippen LogP) is 2.06. The van der Waals surface area contributed by atoms with Gasteiger partial charge in [0.1, 0.15) is 5.82 Å². The lowest BCUT2D eigenvalue weighted by atomic mass is 10.1. The number of nitrogens with two attached hydrogens (primary N) is 1. The van der Waals surface area contributed by atoms with Crippen molar-refractivity contribution in [1.29, 1.82) is 0 Å². The van der Waals surface area contributed by atoms with Gasteiger partial charge >= 0.3 is 0 Å². The number of benzene rings is 1. The predicted molar refractivity (Wildman–Crippen MR) is 83.9 cm³/mol. The molecule has 112 valence electrons.